The lowest BCUT2D eigenvalue weighted by Gasteiger charge is -2.38. The molecule has 1 heterocycles. The molecule has 160 valence electrons. The van der Waals surface area contributed by atoms with Crippen LogP contribution in [-0.2, 0) is 23.9 Å². The van der Waals surface area contributed by atoms with Crippen molar-refractivity contribution in [2.75, 3.05) is 13.7 Å². The molecule has 3 atom stereocenters. The number of hydrogen-bond acceptors (Lipinski definition) is 6. The van der Waals surface area contributed by atoms with Crippen molar-refractivity contribution in [1.29, 1.82) is 0 Å². The Kier molecular flexibility index (Phi) is 6.58. The van der Waals surface area contributed by atoms with Crippen LogP contribution in [-0.4, -0.2) is 31.4 Å². The molecule has 30 heavy (non-hydrogen) atoms. The fourth-order valence-electron chi connectivity index (χ4n) is 4.19. The number of carbonyl (C=O) groups excluding carboxylic acids is 3. The average molecular weight is 452 g/mol. The summed E-state index contributed by atoms with van der Waals surface area (Å²) in [6, 6.07) is 4.97. The van der Waals surface area contributed by atoms with E-state index in [2.05, 4.69) is 5.32 Å². The van der Waals surface area contributed by atoms with Gasteiger partial charge in [0.25, 0.3) is 0 Å². The molecule has 0 saturated heterocycles. The first-order valence-corrected chi connectivity index (χ1v) is 10.4. The van der Waals surface area contributed by atoms with Gasteiger partial charge in [0.05, 0.1) is 29.3 Å². The highest BCUT2D eigenvalue weighted by molar-refractivity contribution is 6.42. The van der Waals surface area contributed by atoms with E-state index in [1.54, 1.807) is 32.0 Å². The summed E-state index contributed by atoms with van der Waals surface area (Å²) in [4.78, 5) is 38.7. The van der Waals surface area contributed by atoms with Crippen molar-refractivity contribution in [3.8, 4) is 0 Å². The van der Waals surface area contributed by atoms with E-state index in [1.165, 1.54) is 7.11 Å². The Morgan fingerprint density at radius 2 is 1.93 bits per heavy atom. The highest BCUT2D eigenvalue weighted by Crippen LogP contribution is 2.46. The van der Waals surface area contributed by atoms with Gasteiger partial charge < -0.3 is 14.8 Å². The molecule has 0 unspecified atom stereocenters. The molecule has 2 aliphatic rings. The molecule has 1 aromatic rings. The SMILES string of the molecule is CCOC(=O)C1=C(C)NC2=C(C(=O)[C@H](C(=O)OC)[C@@H](C)C2)[C@H]1c1ccc(Cl)c(Cl)c1. The number of ketones is 1. The Bertz CT molecular complexity index is 982. The molecule has 6 nitrogen and oxygen atoms in total. The highest BCUT2D eigenvalue weighted by atomic mass is 35.5. The fourth-order valence-corrected chi connectivity index (χ4v) is 4.49. The largest absolute Gasteiger partial charge is 0.468 e. The summed E-state index contributed by atoms with van der Waals surface area (Å²) in [6.45, 7) is 5.50. The standard InChI is InChI=1S/C22H23Cl2NO5/c1-5-30-22(28)17-11(3)25-15-8-10(2)16(21(27)29-4)20(26)19(15)18(17)12-6-7-13(23)14(24)9-12/h6-7,9-10,16,18,25H,5,8H2,1-4H3/t10-,16+,18-/m0/s1. The quantitative estimate of drug-likeness (QED) is 0.546. The molecule has 8 heteroatoms. The molecule has 0 saturated carbocycles. The molecule has 0 fully saturated rings. The molecule has 0 amide bonds. The maximum atomic E-state index is 13.5. The van der Waals surface area contributed by atoms with Gasteiger partial charge in [-0.15, -0.1) is 0 Å². The van der Waals surface area contributed by atoms with E-state index in [9.17, 15) is 14.4 Å². The summed E-state index contributed by atoms with van der Waals surface area (Å²) < 4.78 is 10.1. The molecule has 1 aliphatic carbocycles. The third kappa shape index (κ3) is 3.86. The fraction of sp³-hybridized carbons (Fsp3) is 0.409. The monoisotopic (exact) mass is 451 g/mol. The van der Waals surface area contributed by atoms with Crippen LogP contribution in [0.2, 0.25) is 10.0 Å². The molecule has 0 aromatic heterocycles. The molecule has 0 spiro atoms. The van der Waals surface area contributed by atoms with Crippen LogP contribution in [0.5, 0.6) is 0 Å². The highest BCUT2D eigenvalue weighted by Gasteiger charge is 2.47. The molecule has 1 N–H and O–H groups in total. The Morgan fingerprint density at radius 1 is 1.23 bits per heavy atom. The van der Waals surface area contributed by atoms with Crippen molar-refractivity contribution in [2.45, 2.75) is 33.1 Å². The van der Waals surface area contributed by atoms with Crippen LogP contribution in [0.15, 0.2) is 40.7 Å². The lowest BCUT2D eigenvalue weighted by atomic mass is 9.69. The summed E-state index contributed by atoms with van der Waals surface area (Å²) in [5, 5.41) is 3.86. The summed E-state index contributed by atoms with van der Waals surface area (Å²) >= 11 is 12.3. The number of esters is 2. The van der Waals surface area contributed by atoms with E-state index in [1.807, 2.05) is 6.92 Å². The molecular weight excluding hydrogens is 429 g/mol. The van der Waals surface area contributed by atoms with Gasteiger partial charge in [-0.25, -0.2) is 4.79 Å². The van der Waals surface area contributed by atoms with Gasteiger partial charge >= 0.3 is 11.9 Å². The summed E-state index contributed by atoms with van der Waals surface area (Å²) in [7, 11) is 1.26. The van der Waals surface area contributed by atoms with Crippen LogP contribution in [0, 0.1) is 11.8 Å². The van der Waals surface area contributed by atoms with Gasteiger partial charge in [-0.05, 0) is 43.9 Å². The number of ether oxygens (including phenoxy) is 2. The minimum absolute atomic E-state index is 0.186. The summed E-state index contributed by atoms with van der Waals surface area (Å²) in [5.41, 5.74) is 2.57. The Morgan fingerprint density at radius 3 is 2.53 bits per heavy atom. The van der Waals surface area contributed by atoms with E-state index in [0.717, 1.165) is 0 Å². The zero-order valence-electron chi connectivity index (χ0n) is 17.2. The number of methoxy groups -OCH3 is 1. The van der Waals surface area contributed by atoms with Crippen LogP contribution in [0.4, 0.5) is 0 Å². The number of carbonyl (C=O) groups is 3. The number of rotatable bonds is 4. The molecule has 0 bridgehead atoms. The molecular formula is C22H23Cl2NO5. The van der Waals surface area contributed by atoms with Gasteiger partial charge in [-0.3, -0.25) is 9.59 Å². The predicted octanol–water partition coefficient (Wildman–Crippen LogP) is 4.17. The van der Waals surface area contributed by atoms with E-state index in [0.29, 0.717) is 44.6 Å². The average Bonchev–Trinajstić information content (AvgIpc) is 2.68. The van der Waals surface area contributed by atoms with Crippen molar-refractivity contribution >= 4 is 40.9 Å². The van der Waals surface area contributed by atoms with Crippen LogP contribution >= 0.6 is 23.2 Å². The van der Waals surface area contributed by atoms with E-state index in [-0.39, 0.29) is 18.3 Å². The molecule has 0 radical (unpaired) electrons. The Hall–Kier alpha value is -2.31. The molecule has 3 rings (SSSR count). The van der Waals surface area contributed by atoms with Crippen molar-refractivity contribution in [3.63, 3.8) is 0 Å². The predicted molar refractivity (Wildman–Crippen MR) is 113 cm³/mol. The van der Waals surface area contributed by atoms with Gasteiger partial charge in [-0.1, -0.05) is 36.2 Å². The van der Waals surface area contributed by atoms with Gasteiger partial charge in [0.2, 0.25) is 0 Å². The first kappa shape index (κ1) is 22.4. The van der Waals surface area contributed by atoms with Crippen molar-refractivity contribution in [2.24, 2.45) is 11.8 Å². The van der Waals surface area contributed by atoms with Gasteiger partial charge in [-0.2, -0.15) is 0 Å². The third-order valence-electron chi connectivity index (χ3n) is 5.52. The van der Waals surface area contributed by atoms with Crippen LogP contribution in [0.3, 0.4) is 0 Å². The first-order chi connectivity index (χ1) is 14.2. The van der Waals surface area contributed by atoms with Gasteiger partial charge in [0, 0.05) is 22.9 Å². The number of benzene rings is 1. The van der Waals surface area contributed by atoms with Crippen LogP contribution in [0.1, 0.15) is 38.7 Å². The smallest absolute Gasteiger partial charge is 0.336 e. The minimum Gasteiger partial charge on any atom is -0.468 e. The maximum absolute atomic E-state index is 13.5. The number of hydrogen-bond donors (Lipinski definition) is 1. The van der Waals surface area contributed by atoms with Crippen molar-refractivity contribution in [3.05, 3.63) is 56.3 Å². The second kappa shape index (κ2) is 8.82. The Labute approximate surface area is 185 Å². The molecule has 1 aromatic carbocycles. The Balaban J connectivity index is 2.21. The van der Waals surface area contributed by atoms with Crippen molar-refractivity contribution < 1.29 is 23.9 Å². The maximum Gasteiger partial charge on any atom is 0.336 e. The summed E-state index contributed by atoms with van der Waals surface area (Å²) in [5.74, 6) is -3.41. The normalized spacial score (nSPS) is 23.7. The topological polar surface area (TPSA) is 81.7 Å². The van der Waals surface area contributed by atoms with E-state index >= 15 is 0 Å². The number of Topliss-reactive ketones (excluding diaryl/α,β-unsaturated/α-hetero) is 1. The number of nitrogens with one attached hydrogen (secondary N) is 1. The van der Waals surface area contributed by atoms with Crippen molar-refractivity contribution in [1.82, 2.24) is 5.32 Å². The zero-order valence-corrected chi connectivity index (χ0v) is 18.7. The van der Waals surface area contributed by atoms with Gasteiger partial charge in [0.1, 0.15) is 5.92 Å². The summed E-state index contributed by atoms with van der Waals surface area (Å²) in [6.07, 6.45) is 0.464. The number of allylic oxidation sites excluding steroid dienone is 3. The second-order valence-electron chi connectivity index (χ2n) is 7.43. The third-order valence-corrected chi connectivity index (χ3v) is 6.25. The van der Waals surface area contributed by atoms with Gasteiger partial charge in [0.15, 0.2) is 5.78 Å². The second-order valence-corrected chi connectivity index (χ2v) is 8.24. The van der Waals surface area contributed by atoms with E-state index < -0.39 is 23.8 Å². The lowest BCUT2D eigenvalue weighted by molar-refractivity contribution is -0.151. The number of halogens is 2. The first-order valence-electron chi connectivity index (χ1n) is 9.66. The minimum atomic E-state index is -0.942. The zero-order chi connectivity index (χ0) is 22.2. The lowest BCUT2D eigenvalue weighted by Crippen LogP contribution is -2.43. The van der Waals surface area contributed by atoms with Crippen LogP contribution < -0.4 is 5.32 Å². The van der Waals surface area contributed by atoms with E-state index in [4.69, 9.17) is 32.7 Å². The van der Waals surface area contributed by atoms with Crippen LogP contribution in [0.25, 0.3) is 0 Å². The molecule has 1 aliphatic heterocycles. The number of dihydropyridines is 1.